The molecule has 2 heterocycles. The predicted octanol–water partition coefficient (Wildman–Crippen LogP) is 5.85. The minimum absolute atomic E-state index is 0.125. The van der Waals surface area contributed by atoms with Crippen molar-refractivity contribution >= 4 is 31.1 Å². The van der Waals surface area contributed by atoms with Gasteiger partial charge in [0.2, 0.25) is 5.95 Å². The zero-order valence-corrected chi connectivity index (χ0v) is 23.7. The number of ether oxygens (including phenoxy) is 1. The number of hydrogen-bond acceptors (Lipinski definition) is 7. The lowest BCUT2D eigenvalue weighted by molar-refractivity contribution is 0.177. The van der Waals surface area contributed by atoms with Crippen LogP contribution in [0.4, 0.5) is 11.8 Å². The van der Waals surface area contributed by atoms with Gasteiger partial charge in [0, 0.05) is 11.8 Å². The maximum Gasteiger partial charge on any atom is 0.224 e. The van der Waals surface area contributed by atoms with E-state index in [1.165, 1.54) is 0 Å². The van der Waals surface area contributed by atoms with Crippen molar-refractivity contribution < 1.29 is 9.16 Å². The van der Waals surface area contributed by atoms with Crippen LogP contribution >= 0.6 is 0 Å². The van der Waals surface area contributed by atoms with Crippen LogP contribution in [-0.4, -0.2) is 42.1 Å². The van der Waals surface area contributed by atoms with E-state index in [-0.39, 0.29) is 17.2 Å². The summed E-state index contributed by atoms with van der Waals surface area (Å²) in [5.74, 6) is 1.61. The molecule has 0 amide bonds. The Kier molecular flexibility index (Phi) is 6.79. The first-order valence-corrected chi connectivity index (χ1v) is 15.5. The molecule has 0 bridgehead atoms. The van der Waals surface area contributed by atoms with Crippen molar-refractivity contribution in [2.45, 2.75) is 84.2 Å². The van der Waals surface area contributed by atoms with Gasteiger partial charge >= 0.3 is 0 Å². The van der Waals surface area contributed by atoms with Gasteiger partial charge in [-0.15, -0.1) is 0 Å². The number of aryl methyl sites for hydroxylation is 1. The molecule has 9 heteroatoms. The molecule has 192 valence electrons. The minimum Gasteiger partial charge on any atom is -0.496 e. The molecule has 3 N–H and O–H groups in total. The second-order valence-electron chi connectivity index (χ2n) is 11.3. The van der Waals surface area contributed by atoms with Crippen molar-refractivity contribution in [3.05, 3.63) is 35.0 Å². The van der Waals surface area contributed by atoms with E-state index in [1.54, 1.807) is 13.3 Å². The summed E-state index contributed by atoms with van der Waals surface area (Å²) in [4.78, 5) is 9.46. The number of nitrogens with zero attached hydrogens (tertiary/aromatic N) is 4. The van der Waals surface area contributed by atoms with Crippen molar-refractivity contribution in [2.75, 3.05) is 18.2 Å². The van der Waals surface area contributed by atoms with E-state index in [0.29, 0.717) is 28.4 Å². The summed E-state index contributed by atoms with van der Waals surface area (Å²) in [7, 11) is -0.260. The number of nitrogens with two attached hydrogens (primary N) is 1. The maximum absolute atomic E-state index is 9.87. The third-order valence-corrected chi connectivity index (χ3v) is 12.4. The third-order valence-electron chi connectivity index (χ3n) is 7.90. The van der Waals surface area contributed by atoms with Gasteiger partial charge in [-0.2, -0.15) is 10.2 Å². The second kappa shape index (κ2) is 9.41. The first kappa shape index (κ1) is 26.0. The number of nitrogens with one attached hydrogen (secondary N) is 1. The first-order valence-electron chi connectivity index (χ1n) is 12.6. The first-order chi connectivity index (χ1) is 16.9. The average Bonchev–Trinajstić information content (AvgIpc) is 3.34. The summed E-state index contributed by atoms with van der Waals surface area (Å²) in [6, 6.07) is 6.30. The van der Waals surface area contributed by atoms with Gasteiger partial charge in [0.25, 0.3) is 0 Å². The summed E-state index contributed by atoms with van der Waals surface area (Å²) < 4.78 is 14.2. The molecule has 0 unspecified atom stereocenters. The van der Waals surface area contributed by atoms with Crippen LogP contribution in [0.2, 0.25) is 18.1 Å². The van der Waals surface area contributed by atoms with E-state index in [4.69, 9.17) is 19.9 Å². The van der Waals surface area contributed by atoms with Crippen molar-refractivity contribution in [2.24, 2.45) is 0 Å². The Hall–Kier alpha value is -3.09. The number of anilines is 2. The number of fused-ring (bicyclic) bond motifs is 1. The van der Waals surface area contributed by atoms with Crippen molar-refractivity contribution in [3.8, 4) is 17.5 Å². The predicted molar refractivity (Wildman–Crippen MR) is 147 cm³/mol. The Bertz CT molecular complexity index is 1330. The second-order valence-corrected chi connectivity index (χ2v) is 16.1. The summed E-state index contributed by atoms with van der Waals surface area (Å²) in [6.07, 6.45) is 4.94. The summed E-state index contributed by atoms with van der Waals surface area (Å²) in [5, 5.41) is 14.2. The van der Waals surface area contributed by atoms with Crippen LogP contribution in [0.3, 0.4) is 0 Å². The van der Waals surface area contributed by atoms with Crippen LogP contribution in [0.1, 0.15) is 56.7 Å². The SMILES string of the molecule is COc1ccc(C)c(-n2c(N)c(C#N)c3cnc(N[C@@H]4CCC[C@H]4O[Si](C)(C)C(C)(C)C)nc32)c1C. The average molecular weight is 507 g/mol. The third kappa shape index (κ3) is 4.44. The molecule has 2 atom stereocenters. The monoisotopic (exact) mass is 506 g/mol. The van der Waals surface area contributed by atoms with Crippen LogP contribution in [0, 0.1) is 25.2 Å². The fourth-order valence-corrected chi connectivity index (χ4v) is 6.22. The Morgan fingerprint density at radius 3 is 2.58 bits per heavy atom. The zero-order chi connectivity index (χ0) is 26.4. The van der Waals surface area contributed by atoms with Crippen LogP contribution in [0.5, 0.6) is 5.75 Å². The molecule has 1 saturated carbocycles. The largest absolute Gasteiger partial charge is 0.496 e. The normalized spacial score (nSPS) is 18.4. The topological polar surface area (TPSA) is 111 Å². The molecule has 0 spiro atoms. The van der Waals surface area contributed by atoms with Gasteiger partial charge in [0.05, 0.1) is 30.3 Å². The molecule has 2 aromatic heterocycles. The molecule has 1 aliphatic rings. The van der Waals surface area contributed by atoms with Crippen LogP contribution in [-0.2, 0) is 4.43 Å². The highest BCUT2D eigenvalue weighted by atomic mass is 28.4. The Labute approximate surface area is 215 Å². The molecule has 0 radical (unpaired) electrons. The van der Waals surface area contributed by atoms with Gasteiger partial charge in [-0.25, -0.2) is 4.98 Å². The molecule has 3 aromatic rings. The van der Waals surface area contributed by atoms with Gasteiger partial charge in [-0.3, -0.25) is 4.57 Å². The fourth-order valence-electron chi connectivity index (χ4n) is 4.83. The van der Waals surface area contributed by atoms with Gasteiger partial charge in [-0.1, -0.05) is 26.8 Å². The van der Waals surface area contributed by atoms with E-state index >= 15 is 0 Å². The lowest BCUT2D eigenvalue weighted by atomic mass is 10.1. The van der Waals surface area contributed by atoms with Crippen LogP contribution < -0.4 is 15.8 Å². The van der Waals surface area contributed by atoms with E-state index in [2.05, 4.69) is 50.2 Å². The van der Waals surface area contributed by atoms with Crippen LogP contribution in [0.25, 0.3) is 16.7 Å². The number of rotatable bonds is 6. The maximum atomic E-state index is 9.87. The van der Waals surface area contributed by atoms with Gasteiger partial charge < -0.3 is 20.2 Å². The Morgan fingerprint density at radius 1 is 1.22 bits per heavy atom. The van der Waals surface area contributed by atoms with Gasteiger partial charge in [0.1, 0.15) is 23.2 Å². The van der Waals surface area contributed by atoms with Gasteiger partial charge in [0.15, 0.2) is 14.0 Å². The summed E-state index contributed by atoms with van der Waals surface area (Å²) in [6.45, 7) is 15.4. The molecular formula is C27H38N6O2Si. The molecule has 1 aromatic carbocycles. The Morgan fingerprint density at radius 2 is 1.94 bits per heavy atom. The number of nitrogen functional groups attached to an aromatic ring is 1. The lowest BCUT2D eigenvalue weighted by Gasteiger charge is -2.40. The number of benzene rings is 1. The fraction of sp³-hybridized carbons (Fsp3) is 0.519. The highest BCUT2D eigenvalue weighted by Crippen LogP contribution is 2.40. The Balaban J connectivity index is 1.76. The molecule has 36 heavy (non-hydrogen) atoms. The molecular weight excluding hydrogens is 468 g/mol. The molecule has 4 rings (SSSR count). The van der Waals surface area contributed by atoms with Crippen molar-refractivity contribution in [1.29, 1.82) is 5.26 Å². The molecule has 8 nitrogen and oxygen atoms in total. The number of methoxy groups -OCH3 is 1. The van der Waals surface area contributed by atoms with Crippen molar-refractivity contribution in [3.63, 3.8) is 0 Å². The summed E-state index contributed by atoms with van der Waals surface area (Å²) >= 11 is 0. The van der Waals surface area contributed by atoms with Crippen LogP contribution in [0.15, 0.2) is 18.3 Å². The molecule has 0 aliphatic heterocycles. The zero-order valence-electron chi connectivity index (χ0n) is 22.7. The molecule has 0 saturated heterocycles. The highest BCUT2D eigenvalue weighted by Gasteiger charge is 2.42. The standard InChI is InChI=1S/C27H38N6O2Si/c1-16-12-13-21(34-6)17(2)23(16)33-24(29)18(14-28)19-15-30-26(32-25(19)33)31-20-10-9-11-22(20)35-36(7,8)27(3,4)5/h12-13,15,20,22H,9-11,29H2,1-8H3,(H,30,31,32)/t20-,22-/m1/s1. The number of aromatic nitrogens is 3. The number of nitriles is 1. The molecule has 1 fully saturated rings. The smallest absolute Gasteiger partial charge is 0.224 e. The minimum atomic E-state index is -1.91. The van der Waals surface area contributed by atoms with Gasteiger partial charge in [-0.05, 0) is 62.9 Å². The number of hydrogen-bond donors (Lipinski definition) is 2. The summed E-state index contributed by atoms with van der Waals surface area (Å²) in [5.41, 5.74) is 10.3. The van der Waals surface area contributed by atoms with E-state index in [1.807, 2.05) is 30.5 Å². The highest BCUT2D eigenvalue weighted by molar-refractivity contribution is 6.74. The van der Waals surface area contributed by atoms with Crippen molar-refractivity contribution in [1.82, 2.24) is 14.5 Å². The molecule has 1 aliphatic carbocycles. The van der Waals surface area contributed by atoms with E-state index < -0.39 is 8.32 Å². The van der Waals surface area contributed by atoms with E-state index in [9.17, 15) is 5.26 Å². The quantitative estimate of drug-likeness (QED) is 0.403. The lowest BCUT2D eigenvalue weighted by Crippen LogP contribution is -2.47. The van der Waals surface area contributed by atoms with E-state index in [0.717, 1.165) is 41.8 Å².